The number of aliphatic hydroxyl groups excluding tert-OH is 1. The summed E-state index contributed by atoms with van der Waals surface area (Å²) in [5, 5.41) is 15.7. The standard InChI is InChI=1S/C15H22N4O3S/c1-10-5-6-11(15(2,3)4)7-13(10)23(21,22)19-12(8-20)14-16-9-17-18-14/h5-7,9,12,19-20H,8H2,1-4H3,(H,16,17,18)/t12-/m1/s1. The lowest BCUT2D eigenvalue weighted by Crippen LogP contribution is -2.32. The van der Waals surface area contributed by atoms with E-state index >= 15 is 0 Å². The summed E-state index contributed by atoms with van der Waals surface area (Å²) < 4.78 is 27.9. The van der Waals surface area contributed by atoms with Crippen molar-refractivity contribution in [3.05, 3.63) is 41.5 Å². The predicted octanol–water partition coefficient (Wildman–Crippen LogP) is 1.42. The first-order chi connectivity index (χ1) is 10.6. The third-order valence-electron chi connectivity index (χ3n) is 3.59. The molecule has 0 spiro atoms. The first-order valence-electron chi connectivity index (χ1n) is 7.25. The highest BCUT2D eigenvalue weighted by molar-refractivity contribution is 7.89. The highest BCUT2D eigenvalue weighted by Crippen LogP contribution is 2.27. The zero-order valence-corrected chi connectivity index (χ0v) is 14.5. The van der Waals surface area contributed by atoms with Gasteiger partial charge in [-0.25, -0.2) is 13.4 Å². The number of H-pyrrole nitrogens is 1. The van der Waals surface area contributed by atoms with Crippen LogP contribution in [0, 0.1) is 6.92 Å². The molecule has 0 aliphatic carbocycles. The Morgan fingerprint density at radius 3 is 2.57 bits per heavy atom. The van der Waals surface area contributed by atoms with Crippen molar-refractivity contribution in [1.29, 1.82) is 0 Å². The van der Waals surface area contributed by atoms with Crippen molar-refractivity contribution in [2.24, 2.45) is 0 Å². The van der Waals surface area contributed by atoms with Crippen molar-refractivity contribution < 1.29 is 13.5 Å². The third-order valence-corrected chi connectivity index (χ3v) is 5.20. The number of hydrogen-bond acceptors (Lipinski definition) is 5. The van der Waals surface area contributed by atoms with E-state index in [0.29, 0.717) is 5.56 Å². The molecule has 2 aromatic rings. The maximum atomic E-state index is 12.7. The SMILES string of the molecule is Cc1ccc(C(C)(C)C)cc1S(=O)(=O)N[C@H](CO)c1ncn[nH]1. The van der Waals surface area contributed by atoms with E-state index < -0.39 is 22.7 Å². The smallest absolute Gasteiger partial charge is 0.241 e. The second-order valence-corrected chi connectivity index (χ2v) is 8.14. The third kappa shape index (κ3) is 3.95. The Kier molecular flexibility index (Phi) is 4.88. The largest absolute Gasteiger partial charge is 0.394 e. The number of rotatable bonds is 5. The average Bonchev–Trinajstić information content (AvgIpc) is 2.97. The molecule has 3 N–H and O–H groups in total. The van der Waals surface area contributed by atoms with E-state index in [4.69, 9.17) is 0 Å². The lowest BCUT2D eigenvalue weighted by atomic mass is 9.87. The van der Waals surface area contributed by atoms with Crippen LogP contribution in [0.1, 0.15) is 43.8 Å². The Morgan fingerprint density at radius 1 is 1.35 bits per heavy atom. The van der Waals surface area contributed by atoms with Crippen molar-refractivity contribution in [2.45, 2.75) is 44.0 Å². The van der Waals surface area contributed by atoms with Crippen molar-refractivity contribution in [3.63, 3.8) is 0 Å². The van der Waals surface area contributed by atoms with E-state index in [9.17, 15) is 13.5 Å². The highest BCUT2D eigenvalue weighted by Gasteiger charge is 2.26. The number of aryl methyl sites for hydroxylation is 1. The molecule has 0 radical (unpaired) electrons. The van der Waals surface area contributed by atoms with Gasteiger partial charge < -0.3 is 5.11 Å². The second-order valence-electron chi connectivity index (χ2n) is 6.46. The maximum Gasteiger partial charge on any atom is 0.241 e. The summed E-state index contributed by atoms with van der Waals surface area (Å²) in [4.78, 5) is 4.09. The van der Waals surface area contributed by atoms with Crippen LogP contribution in [0.4, 0.5) is 0 Å². The minimum absolute atomic E-state index is 0.167. The lowest BCUT2D eigenvalue weighted by Gasteiger charge is -2.21. The van der Waals surface area contributed by atoms with Crippen LogP contribution in [-0.4, -0.2) is 35.3 Å². The minimum atomic E-state index is -3.81. The summed E-state index contributed by atoms with van der Waals surface area (Å²) in [5.74, 6) is 0.265. The molecule has 2 rings (SSSR count). The van der Waals surface area contributed by atoms with Gasteiger partial charge in [-0.2, -0.15) is 9.82 Å². The fourth-order valence-corrected chi connectivity index (χ4v) is 3.63. The van der Waals surface area contributed by atoms with Gasteiger partial charge in [0, 0.05) is 0 Å². The van der Waals surface area contributed by atoms with Crippen LogP contribution in [0.2, 0.25) is 0 Å². The van der Waals surface area contributed by atoms with Crippen molar-refractivity contribution in [2.75, 3.05) is 6.61 Å². The molecule has 0 saturated heterocycles. The van der Waals surface area contributed by atoms with Crippen LogP contribution in [0.15, 0.2) is 29.4 Å². The van der Waals surface area contributed by atoms with E-state index in [1.54, 1.807) is 19.1 Å². The monoisotopic (exact) mass is 338 g/mol. The Morgan fingerprint density at radius 2 is 2.04 bits per heavy atom. The van der Waals surface area contributed by atoms with Gasteiger partial charge in [-0.1, -0.05) is 32.9 Å². The molecule has 126 valence electrons. The number of aromatic amines is 1. The van der Waals surface area contributed by atoms with Gasteiger partial charge in [-0.05, 0) is 29.5 Å². The molecule has 0 aliphatic rings. The fourth-order valence-electron chi connectivity index (χ4n) is 2.17. The Hall–Kier alpha value is -1.77. The molecule has 1 aromatic heterocycles. The molecule has 8 heteroatoms. The normalized spacial score (nSPS) is 14.0. The molecule has 0 fully saturated rings. The van der Waals surface area contributed by atoms with Crippen molar-refractivity contribution >= 4 is 10.0 Å². The quantitative estimate of drug-likeness (QED) is 0.764. The molecule has 1 heterocycles. The first kappa shape index (κ1) is 17.6. The van der Waals surface area contributed by atoms with Crippen LogP contribution >= 0.6 is 0 Å². The lowest BCUT2D eigenvalue weighted by molar-refractivity contribution is 0.254. The number of sulfonamides is 1. The summed E-state index contributed by atoms with van der Waals surface area (Å²) in [5.41, 5.74) is 1.39. The molecule has 0 bridgehead atoms. The molecular weight excluding hydrogens is 316 g/mol. The van der Waals surface area contributed by atoms with Crippen LogP contribution < -0.4 is 4.72 Å². The van der Waals surface area contributed by atoms with E-state index in [1.807, 2.05) is 26.8 Å². The number of nitrogens with zero attached hydrogens (tertiary/aromatic N) is 2. The minimum Gasteiger partial charge on any atom is -0.394 e. The maximum absolute atomic E-state index is 12.7. The summed E-state index contributed by atoms with van der Waals surface area (Å²) in [6.45, 7) is 7.38. The Bertz CT molecular complexity index is 765. The molecular formula is C15H22N4O3S. The predicted molar refractivity (Wildman–Crippen MR) is 86.4 cm³/mol. The fraction of sp³-hybridized carbons (Fsp3) is 0.467. The summed E-state index contributed by atoms with van der Waals surface area (Å²) in [6.07, 6.45) is 1.26. The van der Waals surface area contributed by atoms with Crippen molar-refractivity contribution in [3.8, 4) is 0 Å². The summed E-state index contributed by atoms with van der Waals surface area (Å²) in [7, 11) is -3.81. The zero-order valence-electron chi connectivity index (χ0n) is 13.7. The van der Waals surface area contributed by atoms with E-state index in [0.717, 1.165) is 5.56 Å². The van der Waals surface area contributed by atoms with E-state index in [2.05, 4.69) is 19.9 Å². The Balaban J connectivity index is 2.39. The average molecular weight is 338 g/mol. The van der Waals surface area contributed by atoms with Gasteiger partial charge >= 0.3 is 0 Å². The Labute approximate surface area is 136 Å². The zero-order chi connectivity index (χ0) is 17.3. The summed E-state index contributed by atoms with van der Waals surface area (Å²) >= 11 is 0. The number of benzene rings is 1. The molecule has 0 unspecified atom stereocenters. The van der Waals surface area contributed by atoms with Crippen LogP contribution in [-0.2, 0) is 15.4 Å². The number of nitrogens with one attached hydrogen (secondary N) is 2. The van der Waals surface area contributed by atoms with Crippen LogP contribution in [0.5, 0.6) is 0 Å². The number of hydrogen-bond donors (Lipinski definition) is 3. The molecule has 1 atom stereocenters. The van der Waals surface area contributed by atoms with E-state index in [-0.39, 0.29) is 16.1 Å². The first-order valence-corrected chi connectivity index (χ1v) is 8.73. The van der Waals surface area contributed by atoms with Gasteiger partial charge in [0.2, 0.25) is 10.0 Å². The molecule has 1 aromatic carbocycles. The summed E-state index contributed by atoms with van der Waals surface area (Å²) in [6, 6.07) is 4.51. The van der Waals surface area contributed by atoms with Gasteiger partial charge in [0.05, 0.1) is 11.5 Å². The van der Waals surface area contributed by atoms with Gasteiger partial charge in [0.25, 0.3) is 0 Å². The number of aliphatic hydroxyl groups is 1. The van der Waals surface area contributed by atoms with E-state index in [1.165, 1.54) is 6.33 Å². The molecule has 23 heavy (non-hydrogen) atoms. The molecule has 7 nitrogen and oxygen atoms in total. The van der Waals surface area contributed by atoms with Gasteiger partial charge in [0.1, 0.15) is 18.2 Å². The molecule has 0 amide bonds. The second kappa shape index (κ2) is 6.38. The van der Waals surface area contributed by atoms with Gasteiger partial charge in [-0.15, -0.1) is 0 Å². The molecule has 0 aliphatic heterocycles. The number of aromatic nitrogens is 3. The molecule has 0 saturated carbocycles. The van der Waals surface area contributed by atoms with Crippen molar-refractivity contribution in [1.82, 2.24) is 19.9 Å². The van der Waals surface area contributed by atoms with Crippen LogP contribution in [0.25, 0.3) is 0 Å². The van der Waals surface area contributed by atoms with Crippen LogP contribution in [0.3, 0.4) is 0 Å². The van der Waals surface area contributed by atoms with Gasteiger partial charge in [0.15, 0.2) is 0 Å². The van der Waals surface area contributed by atoms with Gasteiger partial charge in [-0.3, -0.25) is 5.10 Å². The topological polar surface area (TPSA) is 108 Å². The highest BCUT2D eigenvalue weighted by atomic mass is 32.2.